The standard InChI is InChI=1S/C19H25N3O3/c1-25-9-8-22-14-20-11-18(22)13-21-7-3-6-17(12-21)15-4-2-5-16(10-15)19(23)24/h2,4-5,10-11,14,17H,3,6-9,12-13H2,1H3,(H,23,24). The lowest BCUT2D eigenvalue weighted by Gasteiger charge is -2.33. The molecule has 0 saturated carbocycles. The van der Waals surface area contributed by atoms with Gasteiger partial charge in [0.05, 0.1) is 24.2 Å². The van der Waals surface area contributed by atoms with Crippen LogP contribution in [0.4, 0.5) is 0 Å². The van der Waals surface area contributed by atoms with E-state index in [1.807, 2.05) is 30.7 Å². The number of methoxy groups -OCH3 is 1. The smallest absolute Gasteiger partial charge is 0.335 e. The first-order valence-electron chi connectivity index (χ1n) is 8.71. The topological polar surface area (TPSA) is 67.6 Å². The van der Waals surface area contributed by atoms with Crippen LogP contribution in [-0.2, 0) is 17.8 Å². The molecule has 2 heterocycles. The highest BCUT2D eigenvalue weighted by molar-refractivity contribution is 5.87. The molecule has 25 heavy (non-hydrogen) atoms. The van der Waals surface area contributed by atoms with Gasteiger partial charge in [-0.3, -0.25) is 4.90 Å². The lowest BCUT2D eigenvalue weighted by atomic mass is 9.89. The van der Waals surface area contributed by atoms with Crippen molar-refractivity contribution in [1.29, 1.82) is 0 Å². The van der Waals surface area contributed by atoms with Gasteiger partial charge in [0, 0.05) is 32.9 Å². The van der Waals surface area contributed by atoms with E-state index in [1.54, 1.807) is 13.2 Å². The maximum atomic E-state index is 11.2. The molecule has 1 aliphatic rings. The molecular formula is C19H25N3O3. The van der Waals surface area contributed by atoms with E-state index in [0.717, 1.165) is 44.6 Å². The average Bonchev–Trinajstić information content (AvgIpc) is 3.07. The van der Waals surface area contributed by atoms with Crippen molar-refractivity contribution in [2.75, 3.05) is 26.8 Å². The van der Waals surface area contributed by atoms with Gasteiger partial charge in [0.1, 0.15) is 0 Å². The van der Waals surface area contributed by atoms with E-state index < -0.39 is 5.97 Å². The molecule has 6 heteroatoms. The van der Waals surface area contributed by atoms with Crippen molar-refractivity contribution in [2.45, 2.75) is 31.8 Å². The quantitative estimate of drug-likeness (QED) is 0.837. The van der Waals surface area contributed by atoms with Gasteiger partial charge in [-0.05, 0) is 43.0 Å². The van der Waals surface area contributed by atoms with E-state index >= 15 is 0 Å². The third-order valence-corrected chi connectivity index (χ3v) is 4.83. The second kappa shape index (κ2) is 8.27. The highest BCUT2D eigenvalue weighted by atomic mass is 16.5. The Labute approximate surface area is 148 Å². The Bertz CT molecular complexity index is 713. The van der Waals surface area contributed by atoms with Gasteiger partial charge in [-0.25, -0.2) is 9.78 Å². The molecule has 0 aliphatic carbocycles. The third kappa shape index (κ3) is 4.46. The minimum atomic E-state index is -0.864. The van der Waals surface area contributed by atoms with Crippen LogP contribution in [0.5, 0.6) is 0 Å². The fourth-order valence-electron chi connectivity index (χ4n) is 3.50. The summed E-state index contributed by atoms with van der Waals surface area (Å²) in [6.45, 7) is 4.35. The number of carboxylic acids is 1. The second-order valence-electron chi connectivity index (χ2n) is 6.58. The normalized spacial score (nSPS) is 18.4. The van der Waals surface area contributed by atoms with Gasteiger partial charge in [0.2, 0.25) is 0 Å². The van der Waals surface area contributed by atoms with Gasteiger partial charge in [-0.15, -0.1) is 0 Å². The molecule has 1 aromatic carbocycles. The number of carbonyl (C=O) groups is 1. The first-order valence-corrected chi connectivity index (χ1v) is 8.71. The lowest BCUT2D eigenvalue weighted by molar-refractivity contribution is 0.0696. The minimum Gasteiger partial charge on any atom is -0.478 e. The number of carboxylic acid groups (broad SMARTS) is 1. The number of nitrogens with zero attached hydrogens (tertiary/aromatic N) is 3. The molecule has 1 fully saturated rings. The first-order chi connectivity index (χ1) is 12.2. The van der Waals surface area contributed by atoms with E-state index in [9.17, 15) is 9.90 Å². The maximum Gasteiger partial charge on any atom is 0.335 e. The van der Waals surface area contributed by atoms with Crippen LogP contribution in [0.15, 0.2) is 36.8 Å². The molecule has 0 amide bonds. The highest BCUT2D eigenvalue weighted by Crippen LogP contribution is 2.28. The largest absolute Gasteiger partial charge is 0.478 e. The van der Waals surface area contributed by atoms with Crippen molar-refractivity contribution in [3.8, 4) is 0 Å². The van der Waals surface area contributed by atoms with E-state index in [4.69, 9.17) is 4.74 Å². The van der Waals surface area contributed by atoms with Gasteiger partial charge in [-0.1, -0.05) is 12.1 Å². The molecule has 3 rings (SSSR count). The number of rotatable bonds is 7. The number of piperidine rings is 1. The molecule has 2 aromatic rings. The van der Waals surface area contributed by atoms with Crippen LogP contribution in [0.25, 0.3) is 0 Å². The number of hydrogen-bond acceptors (Lipinski definition) is 4. The summed E-state index contributed by atoms with van der Waals surface area (Å²) < 4.78 is 7.29. The van der Waals surface area contributed by atoms with Crippen LogP contribution < -0.4 is 0 Å². The number of likely N-dealkylation sites (tertiary alicyclic amines) is 1. The van der Waals surface area contributed by atoms with E-state index in [0.29, 0.717) is 18.1 Å². The van der Waals surface area contributed by atoms with Crippen LogP contribution >= 0.6 is 0 Å². The number of ether oxygens (including phenoxy) is 1. The van der Waals surface area contributed by atoms with Gasteiger partial charge in [0.25, 0.3) is 0 Å². The molecule has 134 valence electrons. The number of aromatic nitrogens is 2. The second-order valence-corrected chi connectivity index (χ2v) is 6.58. The molecule has 0 spiro atoms. The summed E-state index contributed by atoms with van der Waals surface area (Å²) in [5, 5.41) is 9.20. The summed E-state index contributed by atoms with van der Waals surface area (Å²) in [4.78, 5) is 17.9. The SMILES string of the molecule is COCCn1cncc1CN1CCCC(c2cccc(C(=O)O)c2)C1. The Kier molecular flexibility index (Phi) is 5.83. The minimum absolute atomic E-state index is 0.368. The fourth-order valence-corrected chi connectivity index (χ4v) is 3.50. The van der Waals surface area contributed by atoms with Gasteiger partial charge < -0.3 is 14.4 Å². The van der Waals surface area contributed by atoms with Crippen molar-refractivity contribution in [3.63, 3.8) is 0 Å². The zero-order valence-electron chi connectivity index (χ0n) is 14.6. The molecule has 0 bridgehead atoms. The Hall–Kier alpha value is -2.18. The predicted molar refractivity (Wildman–Crippen MR) is 94.8 cm³/mol. The Morgan fingerprint density at radius 3 is 3.12 bits per heavy atom. The molecule has 1 saturated heterocycles. The molecular weight excluding hydrogens is 318 g/mol. The average molecular weight is 343 g/mol. The molecule has 1 aliphatic heterocycles. The van der Waals surface area contributed by atoms with Crippen LogP contribution in [-0.4, -0.2) is 52.3 Å². The number of hydrogen-bond donors (Lipinski definition) is 1. The van der Waals surface area contributed by atoms with Crippen LogP contribution in [0.1, 0.15) is 40.4 Å². The number of imidazole rings is 1. The summed E-state index contributed by atoms with van der Waals surface area (Å²) >= 11 is 0. The predicted octanol–water partition coefficient (Wildman–Crippen LogP) is 2.61. The monoisotopic (exact) mass is 343 g/mol. The molecule has 0 radical (unpaired) electrons. The van der Waals surface area contributed by atoms with E-state index in [-0.39, 0.29) is 0 Å². The summed E-state index contributed by atoms with van der Waals surface area (Å²) in [5.74, 6) is -0.486. The third-order valence-electron chi connectivity index (χ3n) is 4.83. The summed E-state index contributed by atoms with van der Waals surface area (Å²) in [7, 11) is 1.71. The molecule has 1 unspecified atom stereocenters. The zero-order chi connectivity index (χ0) is 17.6. The summed E-state index contributed by atoms with van der Waals surface area (Å²) in [6, 6.07) is 7.36. The highest BCUT2D eigenvalue weighted by Gasteiger charge is 2.22. The molecule has 1 N–H and O–H groups in total. The van der Waals surface area contributed by atoms with Crippen molar-refractivity contribution in [2.24, 2.45) is 0 Å². The van der Waals surface area contributed by atoms with Gasteiger partial charge in [0.15, 0.2) is 0 Å². The summed E-state index contributed by atoms with van der Waals surface area (Å²) in [5.41, 5.74) is 2.68. The lowest BCUT2D eigenvalue weighted by Crippen LogP contribution is -2.34. The van der Waals surface area contributed by atoms with E-state index in [2.05, 4.69) is 14.5 Å². The van der Waals surface area contributed by atoms with Crippen LogP contribution in [0, 0.1) is 0 Å². The van der Waals surface area contributed by atoms with Crippen molar-refractivity contribution < 1.29 is 14.6 Å². The maximum absolute atomic E-state index is 11.2. The number of aromatic carboxylic acids is 1. The number of benzene rings is 1. The molecule has 1 aromatic heterocycles. The Morgan fingerprint density at radius 1 is 1.44 bits per heavy atom. The van der Waals surface area contributed by atoms with E-state index in [1.165, 1.54) is 5.69 Å². The van der Waals surface area contributed by atoms with Crippen LogP contribution in [0.2, 0.25) is 0 Å². The van der Waals surface area contributed by atoms with Crippen molar-refractivity contribution >= 4 is 5.97 Å². The van der Waals surface area contributed by atoms with Gasteiger partial charge in [-0.2, -0.15) is 0 Å². The van der Waals surface area contributed by atoms with Crippen molar-refractivity contribution in [1.82, 2.24) is 14.5 Å². The van der Waals surface area contributed by atoms with Gasteiger partial charge >= 0.3 is 5.97 Å². The first kappa shape index (κ1) is 17.6. The zero-order valence-corrected chi connectivity index (χ0v) is 14.6. The van der Waals surface area contributed by atoms with Crippen LogP contribution in [0.3, 0.4) is 0 Å². The molecule has 1 atom stereocenters. The molecule has 6 nitrogen and oxygen atoms in total. The summed E-state index contributed by atoms with van der Waals surface area (Å²) in [6.07, 6.45) is 5.99. The fraction of sp³-hybridized carbons (Fsp3) is 0.474. The van der Waals surface area contributed by atoms with Crippen molar-refractivity contribution in [3.05, 3.63) is 53.6 Å². The Balaban J connectivity index is 1.66. The Morgan fingerprint density at radius 2 is 2.32 bits per heavy atom.